The van der Waals surface area contributed by atoms with Crippen molar-refractivity contribution >= 4 is 28.6 Å². The van der Waals surface area contributed by atoms with Crippen molar-refractivity contribution in [2.45, 2.75) is 24.7 Å². The van der Waals surface area contributed by atoms with Crippen LogP contribution in [0, 0.1) is 5.41 Å². The van der Waals surface area contributed by atoms with Gasteiger partial charge in [0.25, 0.3) is 0 Å². The second-order valence-corrected chi connectivity index (χ2v) is 9.17. The van der Waals surface area contributed by atoms with Gasteiger partial charge in [0.1, 0.15) is 0 Å². The molecule has 0 spiro atoms. The minimum Gasteiger partial charge on any atom is -0.468 e. The van der Waals surface area contributed by atoms with E-state index in [1.165, 1.54) is 14.2 Å². The van der Waals surface area contributed by atoms with Gasteiger partial charge in [-0.05, 0) is 23.6 Å². The van der Waals surface area contributed by atoms with E-state index in [2.05, 4.69) is 4.98 Å². The second kappa shape index (κ2) is 9.46. The number of esters is 2. The van der Waals surface area contributed by atoms with E-state index in [0.717, 1.165) is 22.0 Å². The van der Waals surface area contributed by atoms with Gasteiger partial charge >= 0.3 is 11.9 Å². The van der Waals surface area contributed by atoms with Gasteiger partial charge in [-0.15, -0.1) is 0 Å². The summed E-state index contributed by atoms with van der Waals surface area (Å²) in [5, 5.41) is 1.00. The highest BCUT2D eigenvalue weighted by Crippen LogP contribution is 2.56. The number of carbonyl (C=O) groups is 3. The van der Waals surface area contributed by atoms with Crippen LogP contribution >= 0.6 is 0 Å². The zero-order chi connectivity index (χ0) is 25.3. The summed E-state index contributed by atoms with van der Waals surface area (Å²) in [5.41, 5.74) is 2.34. The van der Waals surface area contributed by atoms with Crippen LogP contribution < -0.4 is 0 Å². The number of methoxy groups -OCH3 is 2. The second-order valence-electron chi connectivity index (χ2n) is 9.17. The molecule has 1 aliphatic carbocycles. The van der Waals surface area contributed by atoms with Crippen molar-refractivity contribution in [3.05, 3.63) is 107 Å². The molecule has 36 heavy (non-hydrogen) atoms. The van der Waals surface area contributed by atoms with Gasteiger partial charge in [-0.1, -0.05) is 78.9 Å². The Morgan fingerprint density at radius 2 is 1.42 bits per heavy atom. The molecule has 0 aliphatic heterocycles. The number of rotatable bonds is 6. The summed E-state index contributed by atoms with van der Waals surface area (Å²) >= 11 is 0. The summed E-state index contributed by atoms with van der Waals surface area (Å²) in [6.45, 7) is 0. The number of ether oxygens (including phenoxy) is 2. The van der Waals surface area contributed by atoms with Crippen LogP contribution in [0.3, 0.4) is 0 Å². The number of Topliss-reactive ketones (excluding diaryl/α,β-unsaturated/α-hetero) is 1. The molecule has 0 saturated heterocycles. The Morgan fingerprint density at radius 1 is 0.833 bits per heavy atom. The zero-order valence-electron chi connectivity index (χ0n) is 20.2. The number of H-pyrrole nitrogens is 1. The minimum atomic E-state index is -1.71. The minimum absolute atomic E-state index is 0.0600. The quantitative estimate of drug-likeness (QED) is 0.227. The molecular weight excluding hydrogens is 454 g/mol. The van der Waals surface area contributed by atoms with E-state index in [1.807, 2.05) is 60.7 Å². The molecule has 1 heterocycles. The molecular formula is C30H27NO5. The topological polar surface area (TPSA) is 85.5 Å². The smallest absolute Gasteiger partial charge is 0.323 e. The van der Waals surface area contributed by atoms with E-state index < -0.39 is 23.3 Å². The summed E-state index contributed by atoms with van der Waals surface area (Å²) in [6, 6.07) is 26.6. The Bertz CT molecular complexity index is 1410. The van der Waals surface area contributed by atoms with Gasteiger partial charge in [0.15, 0.2) is 11.2 Å². The van der Waals surface area contributed by atoms with Crippen LogP contribution in [0.5, 0.6) is 0 Å². The molecule has 1 aliphatic rings. The summed E-state index contributed by atoms with van der Waals surface area (Å²) in [6.07, 6.45) is 0.0630. The number of aromatic nitrogens is 1. The summed E-state index contributed by atoms with van der Waals surface area (Å²) in [4.78, 5) is 44.1. The van der Waals surface area contributed by atoms with Crippen LogP contribution in [0.25, 0.3) is 10.9 Å². The summed E-state index contributed by atoms with van der Waals surface area (Å²) < 4.78 is 10.5. The van der Waals surface area contributed by atoms with Crippen molar-refractivity contribution in [1.29, 1.82) is 0 Å². The molecule has 2 atom stereocenters. The number of hydrogen-bond donors (Lipinski definition) is 1. The number of nitrogens with one attached hydrogen (secondary N) is 1. The van der Waals surface area contributed by atoms with Gasteiger partial charge in [-0.3, -0.25) is 14.4 Å². The van der Waals surface area contributed by atoms with Crippen LogP contribution in [0.1, 0.15) is 51.9 Å². The number of benzene rings is 3. The fraction of sp³-hybridized carbons (Fsp3) is 0.233. The van der Waals surface area contributed by atoms with Crippen molar-refractivity contribution < 1.29 is 23.9 Å². The first-order chi connectivity index (χ1) is 17.5. The van der Waals surface area contributed by atoms with E-state index in [1.54, 1.807) is 24.3 Å². The third-order valence-corrected chi connectivity index (χ3v) is 7.38. The van der Waals surface area contributed by atoms with Crippen LogP contribution in [0.15, 0.2) is 84.9 Å². The standard InChI is InChI=1S/C30H27NO5/c1-35-28(33)30(29(34)36-2)18-22(19-11-5-3-6-12-19)26-21-15-9-10-16-24(21)31-27(26)23(30)17-25(32)20-13-7-4-8-14-20/h3-16,22-23,31H,17-18H2,1-2H3. The number of para-hydroxylation sites is 1. The molecule has 6 heteroatoms. The molecule has 1 aromatic heterocycles. The maximum Gasteiger partial charge on any atom is 0.323 e. The average Bonchev–Trinajstić information content (AvgIpc) is 3.33. The number of hydrogen-bond acceptors (Lipinski definition) is 5. The van der Waals surface area contributed by atoms with Gasteiger partial charge in [-0.2, -0.15) is 0 Å². The lowest BCUT2D eigenvalue weighted by atomic mass is 9.59. The Hall–Kier alpha value is -4.19. The molecule has 4 aromatic rings. The average molecular weight is 482 g/mol. The van der Waals surface area contributed by atoms with Crippen molar-refractivity contribution in [1.82, 2.24) is 4.98 Å². The SMILES string of the molecule is COC(=O)C1(C(=O)OC)CC(c2ccccc2)c2c([nH]c3ccccc23)C1CC(=O)c1ccccc1. The largest absolute Gasteiger partial charge is 0.468 e. The van der Waals surface area contributed by atoms with Gasteiger partial charge in [-0.25, -0.2) is 0 Å². The highest BCUT2D eigenvalue weighted by atomic mass is 16.5. The van der Waals surface area contributed by atoms with Crippen molar-refractivity contribution in [3.63, 3.8) is 0 Å². The van der Waals surface area contributed by atoms with E-state index in [4.69, 9.17) is 9.47 Å². The Kier molecular flexibility index (Phi) is 6.18. The van der Waals surface area contributed by atoms with Crippen molar-refractivity contribution in [2.75, 3.05) is 14.2 Å². The van der Waals surface area contributed by atoms with Gasteiger partial charge in [0.05, 0.1) is 14.2 Å². The fourth-order valence-corrected chi connectivity index (χ4v) is 5.72. The van der Waals surface area contributed by atoms with Crippen LogP contribution in [-0.4, -0.2) is 36.9 Å². The molecule has 1 N–H and O–H groups in total. The monoisotopic (exact) mass is 481 g/mol. The van der Waals surface area contributed by atoms with Gasteiger partial charge < -0.3 is 14.5 Å². The Labute approximate surface area is 209 Å². The van der Waals surface area contributed by atoms with E-state index in [0.29, 0.717) is 11.3 Å². The predicted octanol–water partition coefficient (Wildman–Crippen LogP) is 5.39. The summed E-state index contributed by atoms with van der Waals surface area (Å²) in [5.74, 6) is -2.66. The first-order valence-electron chi connectivity index (χ1n) is 11.9. The molecule has 182 valence electrons. The first kappa shape index (κ1) is 23.5. The van der Waals surface area contributed by atoms with E-state index in [9.17, 15) is 14.4 Å². The highest BCUT2D eigenvalue weighted by molar-refractivity contribution is 6.05. The van der Waals surface area contributed by atoms with Crippen molar-refractivity contribution in [3.8, 4) is 0 Å². The zero-order valence-corrected chi connectivity index (χ0v) is 20.2. The van der Waals surface area contributed by atoms with Crippen LogP contribution in [-0.2, 0) is 19.1 Å². The number of aromatic amines is 1. The third-order valence-electron chi connectivity index (χ3n) is 7.38. The van der Waals surface area contributed by atoms with E-state index in [-0.39, 0.29) is 24.5 Å². The molecule has 2 unspecified atom stereocenters. The molecule has 3 aromatic carbocycles. The third kappa shape index (κ3) is 3.70. The van der Waals surface area contributed by atoms with E-state index >= 15 is 0 Å². The molecule has 0 bridgehead atoms. The normalized spacial score (nSPS) is 18.3. The Balaban J connectivity index is 1.78. The molecule has 0 radical (unpaired) electrons. The molecule has 0 saturated carbocycles. The van der Waals surface area contributed by atoms with Crippen molar-refractivity contribution in [2.24, 2.45) is 5.41 Å². The number of fused-ring (bicyclic) bond motifs is 3. The molecule has 0 amide bonds. The lowest BCUT2D eigenvalue weighted by molar-refractivity contribution is -0.172. The maximum absolute atomic E-state index is 13.6. The first-order valence-corrected chi connectivity index (χ1v) is 11.9. The number of ketones is 1. The molecule has 0 fully saturated rings. The fourth-order valence-electron chi connectivity index (χ4n) is 5.72. The molecule has 5 rings (SSSR count). The predicted molar refractivity (Wildman–Crippen MR) is 136 cm³/mol. The van der Waals surface area contributed by atoms with Crippen LogP contribution in [0.2, 0.25) is 0 Å². The lowest BCUT2D eigenvalue weighted by Crippen LogP contribution is -2.50. The summed E-state index contributed by atoms with van der Waals surface area (Å²) in [7, 11) is 2.53. The highest BCUT2D eigenvalue weighted by Gasteiger charge is 2.60. The molecule has 6 nitrogen and oxygen atoms in total. The maximum atomic E-state index is 13.6. The number of carbonyl (C=O) groups excluding carboxylic acids is 3. The van der Waals surface area contributed by atoms with Crippen LogP contribution in [0.4, 0.5) is 0 Å². The Morgan fingerprint density at radius 3 is 2.06 bits per heavy atom. The lowest BCUT2D eigenvalue weighted by Gasteiger charge is -2.42. The van der Waals surface area contributed by atoms with Gasteiger partial charge in [0, 0.05) is 40.4 Å². The van der Waals surface area contributed by atoms with Gasteiger partial charge in [0.2, 0.25) is 0 Å².